The summed E-state index contributed by atoms with van der Waals surface area (Å²) in [5.41, 5.74) is 4.61. The number of carbonyl (C=O) groups is 3. The maximum absolute atomic E-state index is 11.4. The lowest BCUT2D eigenvalue weighted by Crippen LogP contribution is -2.46. The van der Waals surface area contributed by atoms with Crippen LogP contribution in [0.1, 0.15) is 20.3 Å². The van der Waals surface area contributed by atoms with Gasteiger partial charge in [0.15, 0.2) is 0 Å². The number of nitrogens with zero attached hydrogens (tertiary/aromatic N) is 1. The van der Waals surface area contributed by atoms with Crippen molar-refractivity contribution >= 4 is 28.8 Å². The molecule has 1 heterocycles. The van der Waals surface area contributed by atoms with Crippen molar-refractivity contribution < 1.29 is 14.4 Å². The van der Waals surface area contributed by atoms with Gasteiger partial charge in [-0.3, -0.25) is 25.2 Å². The topological polar surface area (TPSA) is 78.5 Å². The predicted octanol–water partition coefficient (Wildman–Crippen LogP) is 0.349. The van der Waals surface area contributed by atoms with Gasteiger partial charge in [0.25, 0.3) is 11.1 Å². The molecule has 96 valence electrons. The van der Waals surface area contributed by atoms with E-state index in [1.807, 2.05) is 13.8 Å². The second kappa shape index (κ2) is 6.48. The van der Waals surface area contributed by atoms with Crippen molar-refractivity contribution in [2.75, 3.05) is 18.8 Å². The van der Waals surface area contributed by atoms with Gasteiger partial charge >= 0.3 is 0 Å². The molecule has 1 saturated heterocycles. The first-order valence-electron chi connectivity index (χ1n) is 5.48. The van der Waals surface area contributed by atoms with Crippen LogP contribution >= 0.6 is 11.8 Å². The van der Waals surface area contributed by atoms with E-state index in [0.29, 0.717) is 18.7 Å². The van der Waals surface area contributed by atoms with E-state index in [9.17, 15) is 14.4 Å². The van der Waals surface area contributed by atoms with Gasteiger partial charge in [0, 0.05) is 18.7 Å². The molecular formula is C10H17N3O3S. The average molecular weight is 259 g/mol. The number of rotatable bonds is 4. The molecular weight excluding hydrogens is 242 g/mol. The lowest BCUT2D eigenvalue weighted by atomic mass is 10.1. The number of amides is 3. The van der Waals surface area contributed by atoms with Crippen LogP contribution in [-0.2, 0) is 9.59 Å². The van der Waals surface area contributed by atoms with Crippen molar-refractivity contribution in [1.29, 1.82) is 0 Å². The maximum Gasteiger partial charge on any atom is 0.282 e. The Balaban J connectivity index is 2.21. The van der Waals surface area contributed by atoms with E-state index in [4.69, 9.17) is 0 Å². The highest BCUT2D eigenvalue weighted by molar-refractivity contribution is 8.13. The summed E-state index contributed by atoms with van der Waals surface area (Å²) < 4.78 is 0. The van der Waals surface area contributed by atoms with Crippen molar-refractivity contribution in [3.63, 3.8) is 0 Å². The van der Waals surface area contributed by atoms with Gasteiger partial charge < -0.3 is 4.90 Å². The maximum atomic E-state index is 11.4. The van der Waals surface area contributed by atoms with Crippen molar-refractivity contribution in [2.24, 2.45) is 5.92 Å². The molecule has 3 amide bonds. The number of hydrogen-bond acceptors (Lipinski definition) is 4. The molecule has 0 aromatic heterocycles. The van der Waals surface area contributed by atoms with Gasteiger partial charge in [-0.25, -0.2) is 0 Å². The lowest BCUT2D eigenvalue weighted by molar-refractivity contribution is -0.129. The summed E-state index contributed by atoms with van der Waals surface area (Å²) in [7, 11) is 0. The summed E-state index contributed by atoms with van der Waals surface area (Å²) in [6.07, 6.45) is 0.360. The molecule has 0 saturated carbocycles. The normalized spacial score (nSPS) is 15.2. The molecule has 1 rings (SSSR count). The quantitative estimate of drug-likeness (QED) is 0.714. The molecule has 1 aliphatic rings. The Labute approximate surface area is 104 Å². The Morgan fingerprint density at radius 2 is 2.00 bits per heavy atom. The first-order chi connectivity index (χ1) is 7.99. The van der Waals surface area contributed by atoms with E-state index < -0.39 is 0 Å². The molecule has 1 aliphatic heterocycles. The third-order valence-corrected chi connectivity index (χ3v) is 3.01. The predicted molar refractivity (Wildman–Crippen MR) is 65.2 cm³/mol. The van der Waals surface area contributed by atoms with Gasteiger partial charge in [-0.05, 0) is 5.92 Å². The number of hydrazine groups is 1. The zero-order chi connectivity index (χ0) is 12.8. The molecule has 0 unspecified atom stereocenters. The van der Waals surface area contributed by atoms with Crippen LogP contribution in [0.2, 0.25) is 0 Å². The van der Waals surface area contributed by atoms with Crippen molar-refractivity contribution in [1.82, 2.24) is 15.8 Å². The molecule has 17 heavy (non-hydrogen) atoms. The van der Waals surface area contributed by atoms with Gasteiger partial charge in [-0.15, -0.1) is 0 Å². The molecule has 0 radical (unpaired) electrons. The summed E-state index contributed by atoms with van der Waals surface area (Å²) >= 11 is 1.20. The Morgan fingerprint density at radius 1 is 1.35 bits per heavy atom. The average Bonchev–Trinajstić information content (AvgIpc) is 2.61. The summed E-state index contributed by atoms with van der Waals surface area (Å²) in [6, 6.07) is 0. The van der Waals surface area contributed by atoms with E-state index in [1.165, 1.54) is 16.7 Å². The molecule has 1 fully saturated rings. The SMILES string of the molecule is CC(C)CC(=O)NNC(=O)CN1CCSC1=O. The first-order valence-corrected chi connectivity index (χ1v) is 6.47. The Kier molecular flexibility index (Phi) is 5.27. The fourth-order valence-corrected chi connectivity index (χ4v) is 2.17. The van der Waals surface area contributed by atoms with E-state index in [1.54, 1.807) is 0 Å². The van der Waals surface area contributed by atoms with Crippen LogP contribution in [0.15, 0.2) is 0 Å². The van der Waals surface area contributed by atoms with E-state index in [2.05, 4.69) is 10.9 Å². The molecule has 0 spiro atoms. The van der Waals surface area contributed by atoms with Crippen LogP contribution in [0.25, 0.3) is 0 Å². The minimum Gasteiger partial charge on any atom is -0.323 e. The van der Waals surface area contributed by atoms with E-state index >= 15 is 0 Å². The minimum atomic E-state index is -0.377. The smallest absolute Gasteiger partial charge is 0.282 e. The number of carbonyl (C=O) groups excluding carboxylic acids is 3. The van der Waals surface area contributed by atoms with Gasteiger partial charge in [-0.2, -0.15) is 0 Å². The zero-order valence-corrected chi connectivity index (χ0v) is 10.8. The van der Waals surface area contributed by atoms with Gasteiger partial charge in [0.2, 0.25) is 5.91 Å². The Hall–Kier alpha value is -1.24. The van der Waals surface area contributed by atoms with Crippen LogP contribution in [-0.4, -0.2) is 40.8 Å². The van der Waals surface area contributed by atoms with Crippen molar-refractivity contribution in [3.05, 3.63) is 0 Å². The van der Waals surface area contributed by atoms with Crippen LogP contribution < -0.4 is 10.9 Å². The summed E-state index contributed by atoms with van der Waals surface area (Å²) in [6.45, 7) is 4.41. The number of nitrogens with one attached hydrogen (secondary N) is 2. The van der Waals surface area contributed by atoms with Crippen LogP contribution in [0, 0.1) is 5.92 Å². The zero-order valence-electron chi connectivity index (χ0n) is 9.99. The van der Waals surface area contributed by atoms with Crippen molar-refractivity contribution in [3.8, 4) is 0 Å². The lowest BCUT2D eigenvalue weighted by Gasteiger charge is -2.14. The van der Waals surface area contributed by atoms with E-state index in [-0.39, 0.29) is 29.5 Å². The largest absolute Gasteiger partial charge is 0.323 e. The van der Waals surface area contributed by atoms with Gasteiger partial charge in [0.1, 0.15) is 6.54 Å². The molecule has 0 aromatic carbocycles. The van der Waals surface area contributed by atoms with Gasteiger partial charge in [-0.1, -0.05) is 25.6 Å². The molecule has 0 bridgehead atoms. The van der Waals surface area contributed by atoms with Crippen LogP contribution in [0.5, 0.6) is 0 Å². The molecule has 0 aliphatic carbocycles. The molecule has 0 atom stereocenters. The van der Waals surface area contributed by atoms with Crippen molar-refractivity contribution in [2.45, 2.75) is 20.3 Å². The Bertz CT molecular complexity index is 320. The van der Waals surface area contributed by atoms with E-state index in [0.717, 1.165) is 0 Å². The Morgan fingerprint density at radius 3 is 2.53 bits per heavy atom. The molecule has 7 heteroatoms. The number of hydrogen-bond donors (Lipinski definition) is 2. The molecule has 0 aromatic rings. The second-order valence-electron chi connectivity index (χ2n) is 4.23. The number of thioether (sulfide) groups is 1. The highest BCUT2D eigenvalue weighted by atomic mass is 32.2. The fourth-order valence-electron chi connectivity index (χ4n) is 1.34. The first kappa shape index (κ1) is 13.8. The standard InChI is InChI=1S/C10H17N3O3S/c1-7(2)5-8(14)11-12-9(15)6-13-3-4-17-10(13)16/h7H,3-6H2,1-2H3,(H,11,14)(H,12,15). The summed E-state index contributed by atoms with van der Waals surface area (Å²) in [4.78, 5) is 35.3. The second-order valence-corrected chi connectivity index (χ2v) is 5.28. The van der Waals surface area contributed by atoms with Crippen LogP contribution in [0.3, 0.4) is 0 Å². The summed E-state index contributed by atoms with van der Waals surface area (Å²) in [5, 5.41) is -0.0892. The minimum absolute atomic E-state index is 0.00616. The third-order valence-electron chi connectivity index (χ3n) is 2.11. The molecule has 2 N–H and O–H groups in total. The molecule has 6 nitrogen and oxygen atoms in total. The van der Waals surface area contributed by atoms with Crippen LogP contribution in [0.4, 0.5) is 4.79 Å². The highest BCUT2D eigenvalue weighted by Gasteiger charge is 2.23. The monoisotopic (exact) mass is 259 g/mol. The summed E-state index contributed by atoms with van der Waals surface area (Å²) in [5.74, 6) is 0.350. The highest BCUT2D eigenvalue weighted by Crippen LogP contribution is 2.16. The fraction of sp³-hybridized carbons (Fsp3) is 0.700. The third kappa shape index (κ3) is 5.08. The van der Waals surface area contributed by atoms with Gasteiger partial charge in [0.05, 0.1) is 0 Å².